The summed E-state index contributed by atoms with van der Waals surface area (Å²) in [5.41, 5.74) is 0. The number of hydrogen-bond acceptors (Lipinski definition) is 1. The number of alkyl halides is 1. The summed E-state index contributed by atoms with van der Waals surface area (Å²) in [5.74, 6) is 0.386. The van der Waals surface area contributed by atoms with Gasteiger partial charge in [0.05, 0.1) is 6.10 Å². The van der Waals surface area contributed by atoms with Crippen molar-refractivity contribution in [1.29, 1.82) is 0 Å². The maximum Gasteiger partial charge on any atom is 0.0675 e. The first-order valence-corrected chi connectivity index (χ1v) is 7.08. The zero-order chi connectivity index (χ0) is 11.4. The smallest absolute Gasteiger partial charge is 0.0675 e. The Labute approximate surface area is 100 Å². The molecule has 15 heavy (non-hydrogen) atoms. The molecule has 0 saturated carbocycles. The minimum Gasteiger partial charge on any atom is -0.392 e. The first-order valence-electron chi connectivity index (χ1n) is 6.55. The van der Waals surface area contributed by atoms with E-state index in [4.69, 9.17) is 11.6 Å². The fourth-order valence-corrected chi connectivity index (χ4v) is 1.92. The highest BCUT2D eigenvalue weighted by atomic mass is 35.5. The molecule has 0 unspecified atom stereocenters. The lowest BCUT2D eigenvalue weighted by Crippen LogP contribution is -2.07. The fourth-order valence-electron chi connectivity index (χ4n) is 1.77. The van der Waals surface area contributed by atoms with E-state index in [9.17, 15) is 5.11 Å². The Morgan fingerprint density at radius 3 is 1.80 bits per heavy atom. The van der Waals surface area contributed by atoms with Crippen molar-refractivity contribution in [2.75, 3.05) is 5.88 Å². The van der Waals surface area contributed by atoms with Gasteiger partial charge in [-0.15, -0.1) is 11.6 Å². The molecule has 0 aliphatic heterocycles. The van der Waals surface area contributed by atoms with Crippen molar-refractivity contribution < 1.29 is 5.11 Å². The van der Waals surface area contributed by atoms with Gasteiger partial charge in [-0.2, -0.15) is 0 Å². The standard InChI is InChI=1S/C13H27ClO/c1-2-3-4-5-6-7-8-9-10-11-13(15)12-14/h13,15H,2-12H2,1H3/t13-/m0/s1. The highest BCUT2D eigenvalue weighted by Gasteiger charge is 2.00. The van der Waals surface area contributed by atoms with Gasteiger partial charge in [-0.1, -0.05) is 64.7 Å². The van der Waals surface area contributed by atoms with Gasteiger partial charge in [0, 0.05) is 5.88 Å². The van der Waals surface area contributed by atoms with Crippen LogP contribution in [0.3, 0.4) is 0 Å². The molecule has 0 aliphatic carbocycles. The zero-order valence-corrected chi connectivity index (χ0v) is 10.9. The van der Waals surface area contributed by atoms with Crippen molar-refractivity contribution in [3.8, 4) is 0 Å². The second-order valence-corrected chi connectivity index (χ2v) is 4.73. The molecule has 0 bridgehead atoms. The Kier molecular flexibility index (Phi) is 12.5. The van der Waals surface area contributed by atoms with Crippen LogP contribution in [0.15, 0.2) is 0 Å². The van der Waals surface area contributed by atoms with Crippen molar-refractivity contribution >= 4 is 11.6 Å². The first-order chi connectivity index (χ1) is 7.31. The molecule has 1 N–H and O–H groups in total. The molecule has 0 amide bonds. The summed E-state index contributed by atoms with van der Waals surface area (Å²) in [6, 6.07) is 0. The second kappa shape index (κ2) is 12.3. The summed E-state index contributed by atoms with van der Waals surface area (Å²) in [7, 11) is 0. The molecular weight excluding hydrogens is 208 g/mol. The third-order valence-corrected chi connectivity index (χ3v) is 3.18. The quantitative estimate of drug-likeness (QED) is 0.412. The van der Waals surface area contributed by atoms with Crippen LogP contribution in [0.5, 0.6) is 0 Å². The monoisotopic (exact) mass is 234 g/mol. The molecule has 2 heteroatoms. The third kappa shape index (κ3) is 12.2. The Morgan fingerprint density at radius 2 is 1.33 bits per heavy atom. The molecule has 0 radical (unpaired) electrons. The molecule has 0 saturated heterocycles. The lowest BCUT2D eigenvalue weighted by molar-refractivity contribution is 0.183. The van der Waals surface area contributed by atoms with Crippen LogP contribution in [0.1, 0.15) is 71.1 Å². The van der Waals surface area contributed by atoms with E-state index < -0.39 is 0 Å². The van der Waals surface area contributed by atoms with Gasteiger partial charge in [-0.3, -0.25) is 0 Å². The summed E-state index contributed by atoms with van der Waals surface area (Å²) >= 11 is 5.51. The maximum absolute atomic E-state index is 9.23. The van der Waals surface area contributed by atoms with Gasteiger partial charge < -0.3 is 5.11 Å². The minimum atomic E-state index is -0.281. The average molecular weight is 235 g/mol. The number of aliphatic hydroxyl groups excluding tert-OH is 1. The van der Waals surface area contributed by atoms with Crippen LogP contribution in [0, 0.1) is 0 Å². The Balaban J connectivity index is 2.92. The van der Waals surface area contributed by atoms with Gasteiger partial charge in [0.25, 0.3) is 0 Å². The molecular formula is C13H27ClO. The van der Waals surface area contributed by atoms with Crippen LogP contribution in [-0.2, 0) is 0 Å². The molecule has 1 atom stereocenters. The van der Waals surface area contributed by atoms with E-state index in [0.717, 1.165) is 12.8 Å². The highest BCUT2D eigenvalue weighted by molar-refractivity contribution is 6.18. The van der Waals surface area contributed by atoms with Crippen molar-refractivity contribution in [1.82, 2.24) is 0 Å². The van der Waals surface area contributed by atoms with Crippen molar-refractivity contribution in [3.63, 3.8) is 0 Å². The van der Waals surface area contributed by atoms with Gasteiger partial charge in [-0.25, -0.2) is 0 Å². The van der Waals surface area contributed by atoms with Crippen LogP contribution in [0.4, 0.5) is 0 Å². The van der Waals surface area contributed by atoms with Crippen LogP contribution >= 0.6 is 11.6 Å². The minimum absolute atomic E-state index is 0.281. The van der Waals surface area contributed by atoms with Gasteiger partial charge in [0.2, 0.25) is 0 Å². The highest BCUT2D eigenvalue weighted by Crippen LogP contribution is 2.11. The van der Waals surface area contributed by atoms with E-state index in [1.54, 1.807) is 0 Å². The van der Waals surface area contributed by atoms with E-state index in [0.29, 0.717) is 5.88 Å². The normalized spacial score (nSPS) is 13.0. The first kappa shape index (κ1) is 15.2. The molecule has 0 aromatic rings. The van der Waals surface area contributed by atoms with Gasteiger partial charge in [0.1, 0.15) is 0 Å². The predicted molar refractivity (Wildman–Crippen MR) is 68.6 cm³/mol. The van der Waals surface area contributed by atoms with E-state index in [1.807, 2.05) is 0 Å². The molecule has 0 fully saturated rings. The molecule has 0 spiro atoms. The number of unbranched alkanes of at least 4 members (excludes halogenated alkanes) is 8. The molecule has 0 rings (SSSR count). The molecule has 0 heterocycles. The topological polar surface area (TPSA) is 20.2 Å². The Bertz CT molecular complexity index is 117. The van der Waals surface area contributed by atoms with Gasteiger partial charge in [0.15, 0.2) is 0 Å². The molecule has 0 aliphatic rings. The molecule has 92 valence electrons. The van der Waals surface area contributed by atoms with Gasteiger partial charge >= 0.3 is 0 Å². The summed E-state index contributed by atoms with van der Waals surface area (Å²) < 4.78 is 0. The molecule has 0 aromatic carbocycles. The fraction of sp³-hybridized carbons (Fsp3) is 1.00. The second-order valence-electron chi connectivity index (χ2n) is 4.43. The average Bonchev–Trinajstić information content (AvgIpc) is 2.26. The SMILES string of the molecule is CCCCCCCCCCC[C@H](O)CCl. The lowest BCUT2D eigenvalue weighted by Gasteiger charge is -2.05. The van der Waals surface area contributed by atoms with Crippen molar-refractivity contribution in [2.45, 2.75) is 77.2 Å². The van der Waals surface area contributed by atoms with Crippen LogP contribution in [-0.4, -0.2) is 17.1 Å². The Morgan fingerprint density at radius 1 is 0.867 bits per heavy atom. The van der Waals surface area contributed by atoms with E-state index in [2.05, 4.69) is 6.92 Å². The van der Waals surface area contributed by atoms with Crippen molar-refractivity contribution in [3.05, 3.63) is 0 Å². The number of halogens is 1. The number of hydrogen-bond donors (Lipinski definition) is 1. The van der Waals surface area contributed by atoms with E-state index >= 15 is 0 Å². The third-order valence-electron chi connectivity index (χ3n) is 2.82. The summed E-state index contributed by atoms with van der Waals surface area (Å²) in [5, 5.41) is 9.23. The van der Waals surface area contributed by atoms with E-state index in [1.165, 1.54) is 51.4 Å². The number of aliphatic hydroxyl groups is 1. The summed E-state index contributed by atoms with van der Waals surface area (Å²) in [6.07, 6.45) is 12.6. The van der Waals surface area contributed by atoms with Gasteiger partial charge in [-0.05, 0) is 6.42 Å². The van der Waals surface area contributed by atoms with Crippen LogP contribution < -0.4 is 0 Å². The van der Waals surface area contributed by atoms with Crippen LogP contribution in [0.2, 0.25) is 0 Å². The predicted octanol–water partition coefficient (Wildman–Crippen LogP) is 4.51. The maximum atomic E-state index is 9.23. The van der Waals surface area contributed by atoms with Crippen molar-refractivity contribution in [2.24, 2.45) is 0 Å². The van der Waals surface area contributed by atoms with Crippen LogP contribution in [0.25, 0.3) is 0 Å². The molecule has 0 aromatic heterocycles. The largest absolute Gasteiger partial charge is 0.392 e. The Hall–Kier alpha value is 0.250. The summed E-state index contributed by atoms with van der Waals surface area (Å²) in [6.45, 7) is 2.25. The van der Waals surface area contributed by atoms with E-state index in [-0.39, 0.29) is 6.10 Å². The lowest BCUT2D eigenvalue weighted by atomic mass is 10.1. The number of rotatable bonds is 11. The summed E-state index contributed by atoms with van der Waals surface area (Å²) in [4.78, 5) is 0. The zero-order valence-electron chi connectivity index (χ0n) is 10.2. The molecule has 1 nitrogen and oxygen atoms in total.